The molecule has 4 rings (SSSR count). The van der Waals surface area contributed by atoms with Crippen molar-refractivity contribution in [2.45, 2.75) is 24.8 Å². The van der Waals surface area contributed by atoms with Crippen molar-refractivity contribution >= 4 is 5.91 Å². The van der Waals surface area contributed by atoms with E-state index in [4.69, 9.17) is 0 Å². The lowest BCUT2D eigenvalue weighted by Crippen LogP contribution is -2.62. The third kappa shape index (κ3) is 1.80. The molecule has 3 heteroatoms. The molecule has 0 radical (unpaired) electrons. The molecule has 2 nitrogen and oxygen atoms in total. The molecular formula is C18H16FNO. The summed E-state index contributed by atoms with van der Waals surface area (Å²) in [5.74, 6) is -0.0972. The fourth-order valence-electron chi connectivity index (χ4n) is 3.69. The van der Waals surface area contributed by atoms with Crippen LogP contribution in [-0.2, 0) is 23.2 Å². The van der Waals surface area contributed by atoms with E-state index >= 15 is 0 Å². The van der Waals surface area contributed by atoms with Gasteiger partial charge in [0.2, 0.25) is 5.91 Å². The first-order valence-corrected chi connectivity index (χ1v) is 7.31. The molecule has 1 aliphatic heterocycles. The van der Waals surface area contributed by atoms with E-state index in [-0.39, 0.29) is 11.7 Å². The second-order valence-corrected chi connectivity index (χ2v) is 6.03. The predicted molar refractivity (Wildman–Crippen MR) is 78.3 cm³/mol. The second kappa shape index (κ2) is 4.42. The Morgan fingerprint density at radius 1 is 1.14 bits per heavy atom. The van der Waals surface area contributed by atoms with Crippen LogP contribution in [0.15, 0.2) is 48.5 Å². The minimum absolute atomic E-state index is 0.149. The van der Waals surface area contributed by atoms with Crippen LogP contribution in [-0.4, -0.2) is 17.4 Å². The average molecular weight is 281 g/mol. The highest BCUT2D eigenvalue weighted by molar-refractivity contribution is 5.95. The first kappa shape index (κ1) is 12.6. The summed E-state index contributed by atoms with van der Waals surface area (Å²) in [6, 6.07) is 14.9. The molecular weight excluding hydrogens is 265 g/mol. The smallest absolute Gasteiger partial charge is 0.235 e. The van der Waals surface area contributed by atoms with E-state index in [0.717, 1.165) is 29.5 Å². The van der Waals surface area contributed by atoms with Crippen molar-refractivity contribution in [1.29, 1.82) is 0 Å². The van der Waals surface area contributed by atoms with Gasteiger partial charge in [-0.25, -0.2) is 4.39 Å². The van der Waals surface area contributed by atoms with Gasteiger partial charge >= 0.3 is 0 Å². The van der Waals surface area contributed by atoms with Gasteiger partial charge < -0.3 is 4.90 Å². The molecule has 0 aromatic heterocycles. The van der Waals surface area contributed by atoms with Gasteiger partial charge in [0, 0.05) is 13.1 Å². The maximum absolute atomic E-state index is 13.5. The van der Waals surface area contributed by atoms with Gasteiger partial charge in [-0.05, 0) is 41.7 Å². The quantitative estimate of drug-likeness (QED) is 0.775. The van der Waals surface area contributed by atoms with E-state index in [9.17, 15) is 9.18 Å². The maximum atomic E-state index is 13.5. The van der Waals surface area contributed by atoms with Gasteiger partial charge in [-0.3, -0.25) is 4.79 Å². The number of hydrogen-bond acceptors (Lipinski definition) is 1. The van der Waals surface area contributed by atoms with Crippen molar-refractivity contribution in [2.75, 3.05) is 6.54 Å². The fourth-order valence-corrected chi connectivity index (χ4v) is 3.69. The number of carbonyl (C=O) groups is 1. The summed E-state index contributed by atoms with van der Waals surface area (Å²) in [7, 11) is 0. The molecule has 2 aliphatic rings. The van der Waals surface area contributed by atoms with Crippen LogP contribution in [0.2, 0.25) is 0 Å². The molecule has 0 saturated carbocycles. The summed E-state index contributed by atoms with van der Waals surface area (Å²) in [5, 5.41) is 0. The summed E-state index contributed by atoms with van der Waals surface area (Å²) in [5.41, 5.74) is 2.73. The van der Waals surface area contributed by atoms with Crippen molar-refractivity contribution < 1.29 is 9.18 Å². The number of likely N-dealkylation sites (tertiary alicyclic amines) is 1. The minimum Gasteiger partial charge on any atom is -0.336 e. The molecule has 1 spiro atoms. The number of hydrogen-bond donors (Lipinski definition) is 0. The number of carbonyl (C=O) groups excluding carboxylic acids is 1. The first-order chi connectivity index (χ1) is 10.2. The van der Waals surface area contributed by atoms with Gasteiger partial charge in [0.1, 0.15) is 5.82 Å². The second-order valence-electron chi connectivity index (χ2n) is 6.03. The highest BCUT2D eigenvalue weighted by Gasteiger charge is 2.55. The van der Waals surface area contributed by atoms with Crippen molar-refractivity contribution in [3.8, 4) is 0 Å². The van der Waals surface area contributed by atoms with E-state index in [1.165, 1.54) is 6.07 Å². The topological polar surface area (TPSA) is 20.3 Å². The largest absolute Gasteiger partial charge is 0.336 e. The zero-order chi connectivity index (χ0) is 14.4. The molecule has 21 heavy (non-hydrogen) atoms. The standard InChI is InChI=1S/C18H16FNO/c19-15-7-6-14-8-9-18(16(14)10-15)12-20(17(18)21)11-13-4-2-1-3-5-13/h1-7,10H,8-9,11-12H2. The Kier molecular flexibility index (Phi) is 2.64. The van der Waals surface area contributed by atoms with E-state index in [0.29, 0.717) is 13.1 Å². The summed E-state index contributed by atoms with van der Waals surface area (Å²) in [6.45, 7) is 1.35. The first-order valence-electron chi connectivity index (χ1n) is 7.31. The van der Waals surface area contributed by atoms with Gasteiger partial charge in [0.25, 0.3) is 0 Å². The highest BCUT2D eigenvalue weighted by Crippen LogP contribution is 2.47. The Hall–Kier alpha value is -2.16. The minimum atomic E-state index is -0.452. The van der Waals surface area contributed by atoms with Crippen LogP contribution >= 0.6 is 0 Å². The Bertz CT molecular complexity index is 712. The zero-order valence-corrected chi connectivity index (χ0v) is 11.7. The van der Waals surface area contributed by atoms with Crippen molar-refractivity contribution in [3.05, 3.63) is 71.0 Å². The van der Waals surface area contributed by atoms with Crippen molar-refractivity contribution in [1.82, 2.24) is 4.90 Å². The van der Waals surface area contributed by atoms with E-state index in [1.807, 2.05) is 41.3 Å². The van der Waals surface area contributed by atoms with E-state index in [2.05, 4.69) is 0 Å². The summed E-state index contributed by atoms with van der Waals surface area (Å²) >= 11 is 0. The lowest BCUT2D eigenvalue weighted by molar-refractivity contribution is -0.152. The fraction of sp³-hybridized carbons (Fsp3) is 0.278. The van der Waals surface area contributed by atoms with Crippen LogP contribution in [0, 0.1) is 5.82 Å². The SMILES string of the molecule is O=C1N(Cc2ccccc2)CC12CCc1ccc(F)cc12. The summed E-state index contributed by atoms with van der Waals surface area (Å²) < 4.78 is 13.5. The van der Waals surface area contributed by atoms with Crippen molar-refractivity contribution in [2.24, 2.45) is 0 Å². The Morgan fingerprint density at radius 2 is 1.95 bits per heavy atom. The molecule has 106 valence electrons. The van der Waals surface area contributed by atoms with Gasteiger partial charge in [-0.2, -0.15) is 0 Å². The van der Waals surface area contributed by atoms with Crippen LogP contribution in [0.25, 0.3) is 0 Å². The van der Waals surface area contributed by atoms with Crippen LogP contribution in [0.3, 0.4) is 0 Å². The van der Waals surface area contributed by atoms with Gasteiger partial charge in [-0.15, -0.1) is 0 Å². The third-order valence-electron chi connectivity index (χ3n) is 4.78. The number of fused-ring (bicyclic) bond motifs is 2. The molecule has 1 saturated heterocycles. The third-order valence-corrected chi connectivity index (χ3v) is 4.78. The van der Waals surface area contributed by atoms with Gasteiger partial charge in [0.05, 0.1) is 5.41 Å². The molecule has 1 fully saturated rings. The lowest BCUT2D eigenvalue weighted by Gasteiger charge is -2.47. The van der Waals surface area contributed by atoms with Crippen LogP contribution < -0.4 is 0 Å². The summed E-state index contributed by atoms with van der Waals surface area (Å²) in [6.07, 6.45) is 1.69. The predicted octanol–water partition coefficient (Wildman–Crippen LogP) is 3.05. The number of aryl methyl sites for hydroxylation is 1. The highest BCUT2D eigenvalue weighted by atomic mass is 19.1. The molecule has 0 N–H and O–H groups in total. The molecule has 1 atom stereocenters. The number of halogens is 1. The van der Waals surface area contributed by atoms with E-state index in [1.54, 1.807) is 6.07 Å². The average Bonchev–Trinajstić information content (AvgIpc) is 2.88. The number of amides is 1. The van der Waals surface area contributed by atoms with Crippen LogP contribution in [0.1, 0.15) is 23.1 Å². The maximum Gasteiger partial charge on any atom is 0.235 e. The Labute approximate surface area is 123 Å². The number of rotatable bonds is 2. The molecule has 2 aromatic carbocycles. The molecule has 1 aliphatic carbocycles. The summed E-state index contributed by atoms with van der Waals surface area (Å²) in [4.78, 5) is 14.5. The van der Waals surface area contributed by atoms with E-state index < -0.39 is 5.41 Å². The lowest BCUT2D eigenvalue weighted by atomic mass is 9.73. The normalized spacial score (nSPS) is 23.3. The number of benzene rings is 2. The zero-order valence-electron chi connectivity index (χ0n) is 11.7. The van der Waals surface area contributed by atoms with Gasteiger partial charge in [-0.1, -0.05) is 36.4 Å². The van der Waals surface area contributed by atoms with Gasteiger partial charge in [0.15, 0.2) is 0 Å². The number of β-lactam (4-membered cyclic amide) rings is 1. The van der Waals surface area contributed by atoms with Crippen LogP contribution in [0.4, 0.5) is 4.39 Å². The number of nitrogens with zero attached hydrogens (tertiary/aromatic N) is 1. The van der Waals surface area contributed by atoms with Crippen LogP contribution in [0.5, 0.6) is 0 Å². The molecule has 0 bridgehead atoms. The molecule has 1 amide bonds. The molecule has 1 unspecified atom stereocenters. The monoisotopic (exact) mass is 281 g/mol. The molecule has 2 aromatic rings. The van der Waals surface area contributed by atoms with Crippen molar-refractivity contribution in [3.63, 3.8) is 0 Å². The Balaban J connectivity index is 1.59. The Morgan fingerprint density at radius 3 is 2.71 bits per heavy atom. The molecule has 1 heterocycles.